The Morgan fingerprint density at radius 1 is 1.43 bits per heavy atom. The average molecular weight is 289 g/mol. The zero-order valence-corrected chi connectivity index (χ0v) is 11.7. The van der Waals surface area contributed by atoms with E-state index in [9.17, 15) is 4.79 Å². The first-order valence-electron chi connectivity index (χ1n) is 7.07. The molecule has 1 fully saturated rings. The number of nitrogens with two attached hydrogens (primary N) is 1. The summed E-state index contributed by atoms with van der Waals surface area (Å²) >= 11 is 0. The summed E-state index contributed by atoms with van der Waals surface area (Å²) in [6.07, 6.45) is 2.18. The molecule has 112 valence electrons. The predicted octanol–water partition coefficient (Wildman–Crippen LogP) is 0.959. The van der Waals surface area contributed by atoms with E-state index in [0.29, 0.717) is 6.42 Å². The van der Waals surface area contributed by atoms with Gasteiger partial charge >= 0.3 is 5.97 Å². The third-order valence-corrected chi connectivity index (χ3v) is 3.89. The van der Waals surface area contributed by atoms with Crippen LogP contribution in [0.4, 0.5) is 5.69 Å². The number of para-hydroxylation sites is 1. The summed E-state index contributed by atoms with van der Waals surface area (Å²) in [6.45, 7) is 3.19. The van der Waals surface area contributed by atoms with Crippen LogP contribution in [0.5, 0.6) is 0 Å². The summed E-state index contributed by atoms with van der Waals surface area (Å²) < 4.78 is 5.38. The molecule has 6 nitrogen and oxygen atoms in total. The Morgan fingerprint density at radius 3 is 2.90 bits per heavy atom. The molecule has 2 aromatic rings. The molecule has 21 heavy (non-hydrogen) atoms. The molecular formula is C15H19N3O3. The molecule has 0 spiro atoms. The van der Waals surface area contributed by atoms with Crippen LogP contribution in [0.15, 0.2) is 24.4 Å². The van der Waals surface area contributed by atoms with Gasteiger partial charge in [-0.05, 0) is 11.6 Å². The second kappa shape index (κ2) is 5.75. The zero-order chi connectivity index (χ0) is 14.8. The third-order valence-electron chi connectivity index (χ3n) is 3.89. The average Bonchev–Trinajstić information content (AvgIpc) is 2.91. The summed E-state index contributed by atoms with van der Waals surface area (Å²) in [4.78, 5) is 16.5. The van der Waals surface area contributed by atoms with E-state index in [-0.39, 0.29) is 0 Å². The van der Waals surface area contributed by atoms with Gasteiger partial charge in [-0.15, -0.1) is 0 Å². The number of anilines is 1. The van der Waals surface area contributed by atoms with Crippen LogP contribution in [0.25, 0.3) is 10.9 Å². The number of aromatic nitrogens is 1. The van der Waals surface area contributed by atoms with Crippen LogP contribution in [0.2, 0.25) is 0 Å². The fourth-order valence-corrected chi connectivity index (χ4v) is 2.76. The van der Waals surface area contributed by atoms with Crippen molar-refractivity contribution in [2.75, 3.05) is 31.2 Å². The number of nitrogens with one attached hydrogen (secondary N) is 1. The van der Waals surface area contributed by atoms with Crippen LogP contribution >= 0.6 is 0 Å². The van der Waals surface area contributed by atoms with Crippen LogP contribution in [0, 0.1) is 0 Å². The summed E-state index contributed by atoms with van der Waals surface area (Å²) in [5.74, 6) is -0.978. The highest BCUT2D eigenvalue weighted by Crippen LogP contribution is 2.29. The Balaban J connectivity index is 1.94. The third kappa shape index (κ3) is 2.72. The monoisotopic (exact) mass is 289 g/mol. The lowest BCUT2D eigenvalue weighted by molar-refractivity contribution is -0.138. The van der Waals surface area contributed by atoms with E-state index in [1.165, 1.54) is 0 Å². The normalized spacial score (nSPS) is 17.1. The minimum atomic E-state index is -0.978. The summed E-state index contributed by atoms with van der Waals surface area (Å²) in [5.41, 5.74) is 8.74. The van der Waals surface area contributed by atoms with Crippen LogP contribution in [-0.4, -0.2) is 48.4 Å². The van der Waals surface area contributed by atoms with E-state index in [1.807, 2.05) is 18.3 Å². The number of ether oxygens (including phenoxy) is 1. The zero-order valence-electron chi connectivity index (χ0n) is 11.7. The number of nitrogens with zero attached hydrogens (tertiary/aromatic N) is 1. The molecule has 1 aromatic carbocycles. The second-order valence-electron chi connectivity index (χ2n) is 5.26. The van der Waals surface area contributed by atoms with Gasteiger partial charge in [-0.1, -0.05) is 12.1 Å². The van der Waals surface area contributed by atoms with Gasteiger partial charge in [0.15, 0.2) is 0 Å². The summed E-state index contributed by atoms with van der Waals surface area (Å²) in [5, 5.41) is 9.99. The summed E-state index contributed by atoms with van der Waals surface area (Å²) in [6, 6.07) is 5.19. The first-order chi connectivity index (χ1) is 10.2. The standard InChI is InChI=1S/C15H19N3O3/c16-12(15(19)20)8-10-9-17-14-11(10)2-1-3-13(14)18-4-6-21-7-5-18/h1-3,9,12,17H,4-8,16H2,(H,19,20)/t12-/m0/s1. The number of carbonyl (C=O) groups is 1. The van der Waals surface area contributed by atoms with E-state index < -0.39 is 12.0 Å². The smallest absolute Gasteiger partial charge is 0.320 e. The Morgan fingerprint density at radius 2 is 2.19 bits per heavy atom. The van der Waals surface area contributed by atoms with Crippen molar-refractivity contribution < 1.29 is 14.6 Å². The molecule has 0 amide bonds. The van der Waals surface area contributed by atoms with Crippen LogP contribution in [0.1, 0.15) is 5.56 Å². The number of fused-ring (bicyclic) bond motifs is 1. The highest BCUT2D eigenvalue weighted by Gasteiger charge is 2.18. The van der Waals surface area contributed by atoms with E-state index in [1.54, 1.807) is 0 Å². The largest absolute Gasteiger partial charge is 0.480 e. The van der Waals surface area contributed by atoms with Crippen LogP contribution in [0.3, 0.4) is 0 Å². The molecule has 1 aliphatic rings. The maximum atomic E-state index is 10.9. The van der Waals surface area contributed by atoms with Gasteiger partial charge in [0.25, 0.3) is 0 Å². The van der Waals surface area contributed by atoms with Crippen molar-refractivity contribution in [3.63, 3.8) is 0 Å². The highest BCUT2D eigenvalue weighted by atomic mass is 16.5. The minimum Gasteiger partial charge on any atom is -0.480 e. The molecule has 1 aromatic heterocycles. The first-order valence-corrected chi connectivity index (χ1v) is 7.07. The van der Waals surface area contributed by atoms with Gasteiger partial charge in [0.1, 0.15) is 6.04 Å². The minimum absolute atomic E-state index is 0.321. The lowest BCUT2D eigenvalue weighted by atomic mass is 10.0. The van der Waals surface area contributed by atoms with Crippen LogP contribution in [-0.2, 0) is 16.0 Å². The molecule has 0 radical (unpaired) electrons. The molecule has 0 unspecified atom stereocenters. The molecule has 0 aliphatic carbocycles. The lowest BCUT2D eigenvalue weighted by Crippen LogP contribution is -2.36. The van der Waals surface area contributed by atoms with Gasteiger partial charge in [-0.2, -0.15) is 0 Å². The van der Waals surface area contributed by atoms with Crippen molar-refractivity contribution in [3.8, 4) is 0 Å². The fourth-order valence-electron chi connectivity index (χ4n) is 2.76. The number of carboxylic acids is 1. The molecule has 1 atom stereocenters. The van der Waals surface area contributed by atoms with Crippen molar-refractivity contribution in [3.05, 3.63) is 30.0 Å². The van der Waals surface area contributed by atoms with Crippen molar-refractivity contribution in [1.29, 1.82) is 0 Å². The maximum Gasteiger partial charge on any atom is 0.320 e. The fraction of sp³-hybridized carbons (Fsp3) is 0.400. The first kappa shape index (κ1) is 13.9. The van der Waals surface area contributed by atoms with Gasteiger partial charge < -0.3 is 25.5 Å². The topological polar surface area (TPSA) is 91.6 Å². The number of H-pyrrole nitrogens is 1. The summed E-state index contributed by atoms with van der Waals surface area (Å²) in [7, 11) is 0. The molecular weight excluding hydrogens is 270 g/mol. The van der Waals surface area contributed by atoms with Gasteiger partial charge in [0, 0.05) is 31.1 Å². The molecule has 1 aliphatic heterocycles. The predicted molar refractivity (Wildman–Crippen MR) is 80.6 cm³/mol. The van der Waals surface area contributed by atoms with E-state index in [4.69, 9.17) is 15.6 Å². The highest BCUT2D eigenvalue weighted by molar-refractivity contribution is 5.94. The second-order valence-corrected chi connectivity index (χ2v) is 5.26. The number of hydrogen-bond donors (Lipinski definition) is 3. The quantitative estimate of drug-likeness (QED) is 0.779. The molecule has 4 N–H and O–H groups in total. The number of hydrogen-bond acceptors (Lipinski definition) is 4. The van der Waals surface area contributed by atoms with Gasteiger partial charge in [-0.3, -0.25) is 4.79 Å². The molecule has 6 heteroatoms. The van der Waals surface area contributed by atoms with E-state index >= 15 is 0 Å². The number of benzene rings is 1. The van der Waals surface area contributed by atoms with Gasteiger partial charge in [0.2, 0.25) is 0 Å². The SMILES string of the molecule is N[C@@H](Cc1c[nH]c2c(N3CCOCC3)cccc12)C(=O)O. The number of rotatable bonds is 4. The molecule has 0 saturated carbocycles. The number of aromatic amines is 1. The van der Waals surface area contributed by atoms with E-state index in [0.717, 1.165) is 48.5 Å². The van der Waals surface area contributed by atoms with Gasteiger partial charge in [0.05, 0.1) is 24.4 Å². The van der Waals surface area contributed by atoms with E-state index in [2.05, 4.69) is 16.0 Å². The lowest BCUT2D eigenvalue weighted by Gasteiger charge is -2.29. The Kier molecular flexibility index (Phi) is 3.81. The van der Waals surface area contributed by atoms with Crippen molar-refractivity contribution in [2.24, 2.45) is 5.73 Å². The number of morpholine rings is 1. The van der Waals surface area contributed by atoms with Gasteiger partial charge in [-0.25, -0.2) is 0 Å². The molecule has 0 bridgehead atoms. The maximum absolute atomic E-state index is 10.9. The van der Waals surface area contributed by atoms with Crippen molar-refractivity contribution in [2.45, 2.75) is 12.5 Å². The Labute approximate surface area is 122 Å². The Bertz CT molecular complexity index is 647. The molecule has 2 heterocycles. The number of carboxylic acid groups (broad SMARTS) is 1. The van der Waals surface area contributed by atoms with Crippen molar-refractivity contribution in [1.82, 2.24) is 4.98 Å². The number of aliphatic carboxylic acids is 1. The van der Waals surface area contributed by atoms with Crippen molar-refractivity contribution >= 4 is 22.6 Å². The molecule has 3 rings (SSSR count). The molecule has 1 saturated heterocycles. The Hall–Kier alpha value is -2.05. The van der Waals surface area contributed by atoms with Crippen LogP contribution < -0.4 is 10.6 Å².